The van der Waals surface area contributed by atoms with Gasteiger partial charge in [-0.15, -0.1) is 0 Å². The number of amides is 1. The highest BCUT2D eigenvalue weighted by molar-refractivity contribution is 9.10. The number of aryl methyl sites for hydroxylation is 1. The summed E-state index contributed by atoms with van der Waals surface area (Å²) in [5.74, 6) is 1.50. The Labute approximate surface area is 202 Å². The van der Waals surface area contributed by atoms with Crippen LogP contribution >= 0.6 is 15.9 Å². The predicted molar refractivity (Wildman–Crippen MR) is 133 cm³/mol. The molecule has 3 rings (SSSR count). The van der Waals surface area contributed by atoms with E-state index in [0.29, 0.717) is 30.3 Å². The maximum Gasteiger partial charge on any atom is 0.271 e. The molecular weight excluding hydrogens is 484 g/mol. The summed E-state index contributed by atoms with van der Waals surface area (Å²) in [5, 5.41) is 4.06. The molecule has 0 aliphatic heterocycles. The van der Waals surface area contributed by atoms with Crippen molar-refractivity contribution in [2.75, 3.05) is 13.7 Å². The number of halogens is 1. The highest BCUT2D eigenvalue weighted by Crippen LogP contribution is 2.28. The van der Waals surface area contributed by atoms with Crippen molar-refractivity contribution in [2.24, 2.45) is 5.10 Å². The van der Waals surface area contributed by atoms with Gasteiger partial charge in [0.2, 0.25) is 0 Å². The quantitative estimate of drug-likeness (QED) is 0.272. The summed E-state index contributed by atoms with van der Waals surface area (Å²) in [6.07, 6.45) is 2.46. The summed E-state index contributed by atoms with van der Waals surface area (Å²) in [5.41, 5.74) is 6.09. The van der Waals surface area contributed by atoms with Crippen LogP contribution in [0.4, 0.5) is 0 Å². The van der Waals surface area contributed by atoms with Gasteiger partial charge in [-0.3, -0.25) is 4.79 Å². The van der Waals surface area contributed by atoms with E-state index in [4.69, 9.17) is 14.2 Å². The van der Waals surface area contributed by atoms with E-state index in [2.05, 4.69) is 45.5 Å². The lowest BCUT2D eigenvalue weighted by Gasteiger charge is -2.11. The smallest absolute Gasteiger partial charge is 0.271 e. The lowest BCUT2D eigenvalue weighted by atomic mass is 10.2. The number of hydrogen-bond donors (Lipinski definition) is 1. The number of hydrogen-bond acceptors (Lipinski definition) is 5. The molecule has 0 aromatic heterocycles. The topological polar surface area (TPSA) is 69.2 Å². The minimum atomic E-state index is -0.344. The van der Waals surface area contributed by atoms with Crippen LogP contribution in [-0.2, 0) is 6.61 Å². The van der Waals surface area contributed by atoms with Crippen LogP contribution in [0.3, 0.4) is 0 Å². The van der Waals surface area contributed by atoms with Crippen molar-refractivity contribution in [2.45, 2.75) is 26.9 Å². The Kier molecular flexibility index (Phi) is 8.89. The van der Waals surface area contributed by atoms with Gasteiger partial charge < -0.3 is 14.2 Å². The third kappa shape index (κ3) is 7.08. The number of rotatable bonds is 10. The van der Waals surface area contributed by atoms with Crippen LogP contribution < -0.4 is 19.6 Å². The minimum absolute atomic E-state index is 0.344. The van der Waals surface area contributed by atoms with Gasteiger partial charge in [-0.05, 0) is 76.8 Å². The van der Waals surface area contributed by atoms with E-state index in [1.54, 1.807) is 31.5 Å². The Bertz CT molecular complexity index is 1110. The van der Waals surface area contributed by atoms with E-state index in [0.717, 1.165) is 27.8 Å². The molecule has 172 valence electrons. The summed E-state index contributed by atoms with van der Waals surface area (Å²) >= 11 is 3.53. The molecule has 0 radical (unpaired) electrons. The molecule has 0 saturated carbocycles. The van der Waals surface area contributed by atoms with Crippen molar-refractivity contribution in [3.05, 3.63) is 87.4 Å². The molecule has 0 fully saturated rings. The maximum absolute atomic E-state index is 12.4. The van der Waals surface area contributed by atoms with E-state index in [1.807, 2.05) is 37.3 Å². The molecule has 0 unspecified atom stereocenters. The number of nitrogens with one attached hydrogen (secondary N) is 1. The van der Waals surface area contributed by atoms with Crippen molar-refractivity contribution in [3.63, 3.8) is 0 Å². The van der Waals surface area contributed by atoms with Crippen molar-refractivity contribution >= 4 is 28.1 Å². The van der Waals surface area contributed by atoms with Gasteiger partial charge in [0.1, 0.15) is 12.4 Å². The number of carbonyl (C=O) groups excluding carboxylic acids is 1. The van der Waals surface area contributed by atoms with Gasteiger partial charge in [0, 0.05) is 5.56 Å². The molecule has 0 atom stereocenters. The molecule has 3 aromatic carbocycles. The first-order valence-electron chi connectivity index (χ1n) is 10.6. The van der Waals surface area contributed by atoms with E-state index in [-0.39, 0.29) is 5.91 Å². The zero-order valence-electron chi connectivity index (χ0n) is 18.9. The van der Waals surface area contributed by atoms with Gasteiger partial charge in [-0.25, -0.2) is 5.43 Å². The first-order chi connectivity index (χ1) is 16.0. The van der Waals surface area contributed by atoms with Gasteiger partial charge in [0.15, 0.2) is 11.5 Å². The molecule has 3 aromatic rings. The lowest BCUT2D eigenvalue weighted by Crippen LogP contribution is -2.17. The molecule has 1 N–H and O–H groups in total. The summed E-state index contributed by atoms with van der Waals surface area (Å²) in [6, 6.07) is 18.9. The zero-order valence-corrected chi connectivity index (χ0v) is 20.5. The second-order valence-corrected chi connectivity index (χ2v) is 8.23. The van der Waals surface area contributed by atoms with Crippen molar-refractivity contribution in [1.29, 1.82) is 0 Å². The monoisotopic (exact) mass is 510 g/mol. The van der Waals surface area contributed by atoms with Crippen LogP contribution in [0, 0.1) is 6.92 Å². The largest absolute Gasteiger partial charge is 0.493 e. The van der Waals surface area contributed by atoms with Gasteiger partial charge in [-0.2, -0.15) is 5.10 Å². The first kappa shape index (κ1) is 24.3. The third-order valence-corrected chi connectivity index (χ3v) is 5.36. The first-order valence-corrected chi connectivity index (χ1v) is 11.4. The van der Waals surface area contributed by atoms with E-state index < -0.39 is 0 Å². The van der Waals surface area contributed by atoms with Crippen LogP contribution in [0.15, 0.2) is 70.2 Å². The van der Waals surface area contributed by atoms with Crippen molar-refractivity contribution in [1.82, 2.24) is 5.43 Å². The fourth-order valence-corrected chi connectivity index (χ4v) is 3.44. The molecule has 0 aliphatic carbocycles. The van der Waals surface area contributed by atoms with Crippen LogP contribution in [0.2, 0.25) is 0 Å². The Hall–Kier alpha value is -3.32. The van der Waals surface area contributed by atoms with E-state index in [9.17, 15) is 4.79 Å². The molecule has 0 spiro atoms. The number of benzene rings is 3. The van der Waals surface area contributed by atoms with Gasteiger partial charge >= 0.3 is 0 Å². The molecule has 33 heavy (non-hydrogen) atoms. The summed E-state index contributed by atoms with van der Waals surface area (Å²) in [7, 11) is 1.54. The SMILES string of the molecule is CCCOc1ccc(C(=O)N/N=C/c2ccc(OCc3ccc(C)cc3)c(Br)c2)cc1OC. The number of ether oxygens (including phenoxy) is 3. The molecule has 0 saturated heterocycles. The molecule has 7 heteroatoms. The number of methoxy groups -OCH3 is 1. The molecule has 0 aliphatic rings. The predicted octanol–water partition coefficient (Wildman–Crippen LogP) is 5.90. The molecule has 6 nitrogen and oxygen atoms in total. The van der Waals surface area contributed by atoms with Gasteiger partial charge in [0.25, 0.3) is 5.91 Å². The number of hydrazone groups is 1. The van der Waals surface area contributed by atoms with Crippen molar-refractivity contribution < 1.29 is 19.0 Å². The van der Waals surface area contributed by atoms with Crippen LogP contribution in [0.1, 0.15) is 40.4 Å². The standard InChI is InChI=1S/C26H27BrN2O4/c1-4-13-32-24-12-10-21(15-25(24)31-3)26(30)29-28-16-20-9-11-23(22(27)14-20)33-17-19-7-5-18(2)6-8-19/h5-12,14-16H,4,13,17H2,1-3H3,(H,29,30)/b28-16+. The maximum atomic E-state index is 12.4. The molecule has 0 bridgehead atoms. The highest BCUT2D eigenvalue weighted by atomic mass is 79.9. The minimum Gasteiger partial charge on any atom is -0.493 e. The molecular formula is C26H27BrN2O4. The lowest BCUT2D eigenvalue weighted by molar-refractivity contribution is 0.0954. The third-order valence-electron chi connectivity index (χ3n) is 4.74. The van der Waals surface area contributed by atoms with Crippen LogP contribution in [0.5, 0.6) is 17.2 Å². The Morgan fingerprint density at radius 3 is 2.45 bits per heavy atom. The van der Waals surface area contributed by atoms with E-state index >= 15 is 0 Å². The van der Waals surface area contributed by atoms with Crippen molar-refractivity contribution in [3.8, 4) is 17.2 Å². The normalized spacial score (nSPS) is 10.8. The van der Waals surface area contributed by atoms with Gasteiger partial charge in [-0.1, -0.05) is 36.8 Å². The average Bonchev–Trinajstić information content (AvgIpc) is 2.83. The average molecular weight is 511 g/mol. The van der Waals surface area contributed by atoms with Crippen LogP contribution in [0.25, 0.3) is 0 Å². The summed E-state index contributed by atoms with van der Waals surface area (Å²) in [4.78, 5) is 12.4. The number of nitrogens with zero attached hydrogens (tertiary/aromatic N) is 1. The fourth-order valence-electron chi connectivity index (χ4n) is 2.93. The second kappa shape index (κ2) is 12.1. The second-order valence-electron chi connectivity index (χ2n) is 7.38. The Morgan fingerprint density at radius 1 is 1.00 bits per heavy atom. The number of carbonyl (C=O) groups is 1. The van der Waals surface area contributed by atoms with Gasteiger partial charge in [0.05, 0.1) is 24.4 Å². The molecule has 1 amide bonds. The summed E-state index contributed by atoms with van der Waals surface area (Å²) < 4.78 is 17.6. The Balaban J connectivity index is 1.57. The summed E-state index contributed by atoms with van der Waals surface area (Å²) in [6.45, 7) is 5.14. The zero-order chi connectivity index (χ0) is 23.6. The highest BCUT2D eigenvalue weighted by Gasteiger charge is 2.11. The Morgan fingerprint density at radius 2 is 1.76 bits per heavy atom. The van der Waals surface area contributed by atoms with E-state index in [1.165, 1.54) is 5.56 Å². The fraction of sp³-hybridized carbons (Fsp3) is 0.231. The van der Waals surface area contributed by atoms with Crippen LogP contribution in [-0.4, -0.2) is 25.8 Å². The molecule has 0 heterocycles.